The van der Waals surface area contributed by atoms with Crippen molar-refractivity contribution in [3.8, 4) is 5.75 Å². The third-order valence-electron chi connectivity index (χ3n) is 7.03. The van der Waals surface area contributed by atoms with Gasteiger partial charge in [0.15, 0.2) is 0 Å². The quantitative estimate of drug-likeness (QED) is 0.0669. The molecular formula is C30H58NO2PS2. The number of benzene rings is 1. The minimum atomic E-state index is -3.03. The van der Waals surface area contributed by atoms with E-state index in [1.165, 1.54) is 140 Å². The molecule has 0 saturated heterocycles. The Morgan fingerprint density at radius 3 is 1.47 bits per heavy atom. The van der Waals surface area contributed by atoms with Crippen molar-refractivity contribution < 1.29 is 9.42 Å². The van der Waals surface area contributed by atoms with Crippen molar-refractivity contribution in [2.45, 2.75) is 155 Å². The highest BCUT2D eigenvalue weighted by molar-refractivity contribution is 8.59. The first-order chi connectivity index (χ1) is 17.0. The number of hydrogen-bond donors (Lipinski definition) is 3. The van der Waals surface area contributed by atoms with E-state index in [0.717, 1.165) is 18.6 Å². The molecule has 0 amide bonds. The van der Waals surface area contributed by atoms with Crippen LogP contribution in [0.15, 0.2) is 18.2 Å². The molecule has 6 heteroatoms. The Bertz CT molecular complexity index is 681. The summed E-state index contributed by atoms with van der Waals surface area (Å²) >= 11 is 9.21. The molecule has 0 fully saturated rings. The molecule has 1 atom stereocenters. The molecule has 0 aliphatic rings. The predicted octanol–water partition coefficient (Wildman–Crippen LogP) is 11.3. The van der Waals surface area contributed by atoms with E-state index in [2.05, 4.69) is 32.2 Å². The number of thiol groups is 1. The standard InChI is InChI=1S/C30H55O2PS2.H3N/c1-3-5-7-9-11-13-15-17-19-21-24-28-25-23-27-30(32-33(31,34)35)29(28)26-22-20-18-16-14-12-10-8-6-4-2;/h23,25,27H,3-22,24,26H2,1-2H3,(H2,31,34,35);1H3. The zero-order chi connectivity index (χ0) is 25.6. The Balaban J connectivity index is 0.0000122. The van der Waals surface area contributed by atoms with Crippen LogP contribution in [-0.4, -0.2) is 4.89 Å². The first kappa shape index (κ1) is 35.9. The van der Waals surface area contributed by atoms with Crippen molar-refractivity contribution >= 4 is 29.7 Å². The van der Waals surface area contributed by atoms with Crippen LogP contribution in [0.4, 0.5) is 0 Å². The van der Waals surface area contributed by atoms with Gasteiger partial charge in [0.05, 0.1) is 0 Å². The molecule has 0 bridgehead atoms. The fourth-order valence-corrected chi connectivity index (χ4v) is 5.87. The third kappa shape index (κ3) is 20.0. The van der Waals surface area contributed by atoms with Crippen molar-refractivity contribution in [1.29, 1.82) is 0 Å². The molecule has 0 aliphatic carbocycles. The second-order valence-corrected chi connectivity index (χ2v) is 15.4. The molecule has 0 radical (unpaired) electrons. The Morgan fingerprint density at radius 1 is 0.667 bits per heavy atom. The van der Waals surface area contributed by atoms with E-state index in [0.29, 0.717) is 0 Å². The summed E-state index contributed by atoms with van der Waals surface area (Å²) in [6.07, 6.45) is 29.0. The molecule has 1 aromatic carbocycles. The van der Waals surface area contributed by atoms with Gasteiger partial charge in [-0.05, 0) is 54.7 Å². The second kappa shape index (κ2) is 24.0. The normalized spacial score (nSPS) is 12.8. The van der Waals surface area contributed by atoms with Gasteiger partial charge in [0.2, 0.25) is 0 Å². The average molecular weight is 560 g/mol. The molecule has 0 aliphatic heterocycles. The maximum atomic E-state index is 10.1. The van der Waals surface area contributed by atoms with Crippen LogP contribution < -0.4 is 10.7 Å². The van der Waals surface area contributed by atoms with Crippen LogP contribution >= 0.6 is 17.9 Å². The lowest BCUT2D eigenvalue weighted by Crippen LogP contribution is -2.00. The molecule has 1 rings (SSSR count). The maximum Gasteiger partial charge on any atom is 0.291 e. The zero-order valence-electron chi connectivity index (χ0n) is 23.7. The van der Waals surface area contributed by atoms with Gasteiger partial charge in [-0.3, -0.25) is 0 Å². The van der Waals surface area contributed by atoms with E-state index in [4.69, 9.17) is 16.3 Å². The highest BCUT2D eigenvalue weighted by atomic mass is 32.9. The Hall–Kier alpha value is -0.0600. The summed E-state index contributed by atoms with van der Waals surface area (Å²) in [5, 5.41) is 0. The van der Waals surface area contributed by atoms with Crippen LogP contribution in [0.5, 0.6) is 5.75 Å². The molecular weight excluding hydrogens is 501 g/mol. The van der Waals surface area contributed by atoms with Crippen LogP contribution in [0.3, 0.4) is 0 Å². The lowest BCUT2D eigenvalue weighted by molar-refractivity contribution is 0.497. The predicted molar refractivity (Wildman–Crippen MR) is 169 cm³/mol. The van der Waals surface area contributed by atoms with E-state index < -0.39 is 5.69 Å². The molecule has 0 saturated carbocycles. The highest BCUT2D eigenvalue weighted by Crippen LogP contribution is 2.48. The molecule has 0 spiro atoms. The third-order valence-corrected chi connectivity index (χ3v) is 7.93. The minimum absolute atomic E-state index is 0. The first-order valence-electron chi connectivity index (χ1n) is 14.8. The Kier molecular flexibility index (Phi) is 24.0. The minimum Gasteiger partial charge on any atom is -0.436 e. The maximum absolute atomic E-state index is 10.1. The summed E-state index contributed by atoms with van der Waals surface area (Å²) in [4.78, 5) is 10.1. The fourth-order valence-electron chi connectivity index (χ4n) is 4.93. The van der Waals surface area contributed by atoms with Crippen molar-refractivity contribution in [2.75, 3.05) is 0 Å². The van der Waals surface area contributed by atoms with Gasteiger partial charge in [0.25, 0.3) is 5.69 Å². The topological polar surface area (TPSA) is 64.5 Å². The smallest absolute Gasteiger partial charge is 0.291 e. The summed E-state index contributed by atoms with van der Waals surface area (Å²) in [6.45, 7) is 4.56. The number of unbranched alkanes of at least 4 members (excludes halogenated alkanes) is 18. The summed E-state index contributed by atoms with van der Waals surface area (Å²) in [6, 6.07) is 6.24. The van der Waals surface area contributed by atoms with Crippen molar-refractivity contribution in [3.05, 3.63) is 29.3 Å². The van der Waals surface area contributed by atoms with Gasteiger partial charge in [-0.15, -0.1) is 0 Å². The van der Waals surface area contributed by atoms with Gasteiger partial charge < -0.3 is 15.6 Å². The van der Waals surface area contributed by atoms with E-state index in [1.54, 1.807) is 0 Å². The Morgan fingerprint density at radius 2 is 1.06 bits per heavy atom. The van der Waals surface area contributed by atoms with Crippen LogP contribution in [0, 0.1) is 0 Å². The van der Waals surface area contributed by atoms with Gasteiger partial charge in [0.1, 0.15) is 5.75 Å². The number of hydrogen-bond acceptors (Lipinski definition) is 3. The molecule has 1 unspecified atom stereocenters. The summed E-state index contributed by atoms with van der Waals surface area (Å²) < 4.78 is 5.76. The van der Waals surface area contributed by atoms with E-state index in [1.807, 2.05) is 12.1 Å². The van der Waals surface area contributed by atoms with Crippen LogP contribution in [-0.2, 0) is 24.6 Å². The highest BCUT2D eigenvalue weighted by Gasteiger charge is 2.15. The van der Waals surface area contributed by atoms with Gasteiger partial charge in [-0.1, -0.05) is 154 Å². The molecule has 36 heavy (non-hydrogen) atoms. The zero-order valence-corrected chi connectivity index (χ0v) is 26.3. The molecule has 0 aromatic heterocycles. The number of aryl methyl sites for hydroxylation is 1. The molecule has 212 valence electrons. The second-order valence-electron chi connectivity index (χ2n) is 10.3. The van der Waals surface area contributed by atoms with E-state index >= 15 is 0 Å². The number of rotatable bonds is 24. The van der Waals surface area contributed by atoms with Crippen LogP contribution in [0.2, 0.25) is 0 Å². The lowest BCUT2D eigenvalue weighted by atomic mass is 9.95. The Labute approximate surface area is 234 Å². The summed E-state index contributed by atoms with van der Waals surface area (Å²) in [7, 11) is 0. The molecule has 1 aromatic rings. The van der Waals surface area contributed by atoms with Gasteiger partial charge >= 0.3 is 0 Å². The monoisotopic (exact) mass is 559 g/mol. The van der Waals surface area contributed by atoms with Crippen molar-refractivity contribution in [1.82, 2.24) is 6.15 Å². The summed E-state index contributed by atoms with van der Waals surface area (Å²) in [5.41, 5.74) is -0.407. The van der Waals surface area contributed by atoms with E-state index in [-0.39, 0.29) is 6.15 Å². The SMILES string of the molecule is CCCCCCCCCCCCc1cccc(OP(O)(=S)S)c1CCCCCCCCCCCC.N. The lowest BCUT2D eigenvalue weighted by Gasteiger charge is -2.18. The van der Waals surface area contributed by atoms with Gasteiger partial charge in [-0.25, -0.2) is 0 Å². The largest absolute Gasteiger partial charge is 0.436 e. The van der Waals surface area contributed by atoms with Crippen molar-refractivity contribution in [3.63, 3.8) is 0 Å². The van der Waals surface area contributed by atoms with Crippen LogP contribution in [0.1, 0.15) is 153 Å². The average Bonchev–Trinajstić information content (AvgIpc) is 2.81. The van der Waals surface area contributed by atoms with Gasteiger partial charge in [-0.2, -0.15) is 0 Å². The molecule has 3 nitrogen and oxygen atoms in total. The van der Waals surface area contributed by atoms with Gasteiger partial charge in [0, 0.05) is 0 Å². The van der Waals surface area contributed by atoms with Crippen LogP contribution in [0.25, 0.3) is 0 Å². The molecule has 4 N–H and O–H groups in total. The first-order valence-corrected chi connectivity index (χ1v) is 18.7. The van der Waals surface area contributed by atoms with E-state index in [9.17, 15) is 4.89 Å². The molecule has 0 heterocycles. The summed E-state index contributed by atoms with van der Waals surface area (Å²) in [5.74, 6) is 0.756. The van der Waals surface area contributed by atoms with Crippen molar-refractivity contribution in [2.24, 2.45) is 0 Å². The fraction of sp³-hybridized carbons (Fsp3) is 0.800.